The van der Waals surface area contributed by atoms with Crippen LogP contribution in [-0.2, 0) is 5.41 Å². The molecule has 10 aromatic rings. The predicted octanol–water partition coefficient (Wildman–Crippen LogP) is 15.0. The zero-order valence-corrected chi connectivity index (χ0v) is 30.8. The molecule has 260 valence electrons. The minimum Gasteiger partial charge on any atom is -0.456 e. The first-order chi connectivity index (χ1) is 27.0. The molecule has 2 nitrogen and oxygen atoms in total. The molecule has 0 N–H and O–H groups in total. The third kappa shape index (κ3) is 4.95. The van der Waals surface area contributed by atoms with E-state index >= 15 is 0 Å². The second-order valence-corrected chi connectivity index (χ2v) is 15.3. The van der Waals surface area contributed by atoms with E-state index in [-0.39, 0.29) is 5.41 Å². The van der Waals surface area contributed by atoms with Gasteiger partial charge in [0.15, 0.2) is 0 Å². The van der Waals surface area contributed by atoms with Gasteiger partial charge in [-0.15, -0.1) is 0 Å². The molecule has 1 heterocycles. The summed E-state index contributed by atoms with van der Waals surface area (Å²) in [6, 6.07) is 68.5. The Balaban J connectivity index is 1.06. The highest BCUT2D eigenvalue weighted by Gasteiger charge is 2.35. The summed E-state index contributed by atoms with van der Waals surface area (Å²) in [5.74, 6) is 0. The van der Waals surface area contributed by atoms with Crippen molar-refractivity contribution in [3.8, 4) is 33.4 Å². The molecule has 0 amide bonds. The fourth-order valence-corrected chi connectivity index (χ4v) is 9.08. The van der Waals surface area contributed by atoms with E-state index in [1.165, 1.54) is 54.9 Å². The first-order valence-corrected chi connectivity index (χ1v) is 19.1. The van der Waals surface area contributed by atoms with Crippen molar-refractivity contribution in [3.63, 3.8) is 0 Å². The van der Waals surface area contributed by atoms with Crippen molar-refractivity contribution in [3.05, 3.63) is 199 Å². The molecule has 1 aromatic heterocycles. The molecule has 0 bridgehead atoms. The van der Waals surface area contributed by atoms with Gasteiger partial charge in [-0.05, 0) is 115 Å². The van der Waals surface area contributed by atoms with Crippen LogP contribution in [0.15, 0.2) is 192 Å². The van der Waals surface area contributed by atoms with Crippen molar-refractivity contribution in [2.45, 2.75) is 19.3 Å². The number of anilines is 3. The number of para-hydroxylation sites is 1. The molecule has 1 aliphatic rings. The zero-order chi connectivity index (χ0) is 36.7. The largest absolute Gasteiger partial charge is 0.456 e. The molecule has 9 aromatic carbocycles. The van der Waals surface area contributed by atoms with Crippen molar-refractivity contribution in [2.24, 2.45) is 0 Å². The highest BCUT2D eigenvalue weighted by atomic mass is 16.3. The van der Waals surface area contributed by atoms with E-state index in [1.54, 1.807) is 0 Å². The smallest absolute Gasteiger partial charge is 0.136 e. The lowest BCUT2D eigenvalue weighted by Gasteiger charge is -2.29. The average molecular weight is 704 g/mol. The van der Waals surface area contributed by atoms with Crippen LogP contribution in [0.1, 0.15) is 25.0 Å². The molecule has 11 rings (SSSR count). The molecule has 0 fully saturated rings. The molecular weight excluding hydrogens is 667 g/mol. The molecule has 55 heavy (non-hydrogen) atoms. The van der Waals surface area contributed by atoms with Gasteiger partial charge in [0.2, 0.25) is 0 Å². The topological polar surface area (TPSA) is 16.4 Å². The standard InChI is InChI=1S/C53H37NO/c1-53(2)48-20-9-7-17-43(48)46-33-40(27-29-49(46)53)54(50-21-10-8-18-44(50)42-19-11-15-35-12-5-6-16-41(35)42)39-25-22-34(23-26-39)38-24-28-45-47-30-36-13-3-4-14-37(36)31-52(47)55-51(45)32-38/h3-33H,1-2H3. The molecule has 0 aliphatic heterocycles. The number of nitrogens with zero attached hydrogens (tertiary/aromatic N) is 1. The van der Waals surface area contributed by atoms with Crippen LogP contribution in [0.3, 0.4) is 0 Å². The number of hydrogen-bond acceptors (Lipinski definition) is 2. The predicted molar refractivity (Wildman–Crippen MR) is 232 cm³/mol. The lowest BCUT2D eigenvalue weighted by Crippen LogP contribution is -2.15. The van der Waals surface area contributed by atoms with E-state index in [2.05, 4.69) is 207 Å². The monoisotopic (exact) mass is 703 g/mol. The van der Waals surface area contributed by atoms with Crippen molar-refractivity contribution >= 4 is 60.5 Å². The van der Waals surface area contributed by atoms with Gasteiger partial charge in [0, 0.05) is 33.1 Å². The Bertz CT molecular complexity index is 3120. The van der Waals surface area contributed by atoms with Gasteiger partial charge in [0.25, 0.3) is 0 Å². The van der Waals surface area contributed by atoms with Crippen LogP contribution in [0.4, 0.5) is 17.1 Å². The first-order valence-electron chi connectivity index (χ1n) is 19.1. The molecule has 0 radical (unpaired) electrons. The van der Waals surface area contributed by atoms with Gasteiger partial charge in [0.1, 0.15) is 11.2 Å². The molecule has 0 unspecified atom stereocenters. The number of fused-ring (bicyclic) bond motifs is 8. The van der Waals surface area contributed by atoms with E-state index in [4.69, 9.17) is 4.42 Å². The van der Waals surface area contributed by atoms with Gasteiger partial charge < -0.3 is 9.32 Å². The number of rotatable bonds is 5. The molecule has 0 saturated heterocycles. The van der Waals surface area contributed by atoms with E-state index in [0.717, 1.165) is 50.1 Å². The fourth-order valence-electron chi connectivity index (χ4n) is 9.08. The molecule has 1 aliphatic carbocycles. The van der Waals surface area contributed by atoms with Gasteiger partial charge in [-0.2, -0.15) is 0 Å². The lowest BCUT2D eigenvalue weighted by molar-refractivity contribution is 0.660. The molecule has 0 atom stereocenters. The average Bonchev–Trinajstić information content (AvgIpc) is 3.70. The normalized spacial score (nSPS) is 13.1. The number of hydrogen-bond donors (Lipinski definition) is 0. The molecule has 2 heteroatoms. The Morgan fingerprint density at radius 1 is 0.382 bits per heavy atom. The van der Waals surface area contributed by atoms with E-state index in [0.29, 0.717) is 0 Å². The minimum atomic E-state index is -0.0633. The summed E-state index contributed by atoms with van der Waals surface area (Å²) in [6.07, 6.45) is 0. The molecule has 0 saturated carbocycles. The van der Waals surface area contributed by atoms with Crippen molar-refractivity contribution in [2.75, 3.05) is 4.90 Å². The summed E-state index contributed by atoms with van der Waals surface area (Å²) in [5, 5.41) is 7.17. The van der Waals surface area contributed by atoms with Crippen molar-refractivity contribution in [1.29, 1.82) is 0 Å². The SMILES string of the molecule is CC1(C)c2ccccc2-c2cc(N(c3ccc(-c4ccc5c(c4)oc4cc6ccccc6cc45)cc3)c3ccccc3-c3cccc4ccccc34)ccc21. The summed E-state index contributed by atoms with van der Waals surface area (Å²) in [5.41, 5.74) is 15.1. The summed E-state index contributed by atoms with van der Waals surface area (Å²) in [4.78, 5) is 2.43. The summed E-state index contributed by atoms with van der Waals surface area (Å²) in [7, 11) is 0. The third-order valence-corrected chi connectivity index (χ3v) is 11.8. The maximum absolute atomic E-state index is 6.45. The summed E-state index contributed by atoms with van der Waals surface area (Å²) >= 11 is 0. The second-order valence-electron chi connectivity index (χ2n) is 15.3. The number of benzene rings is 9. The van der Waals surface area contributed by atoms with Crippen LogP contribution in [0.25, 0.3) is 76.9 Å². The van der Waals surface area contributed by atoms with Gasteiger partial charge in [-0.25, -0.2) is 0 Å². The maximum Gasteiger partial charge on any atom is 0.136 e. The number of furan rings is 1. The summed E-state index contributed by atoms with van der Waals surface area (Å²) < 4.78 is 6.45. The van der Waals surface area contributed by atoms with Gasteiger partial charge in [-0.3, -0.25) is 0 Å². The fraction of sp³-hybridized carbons (Fsp3) is 0.0566. The van der Waals surface area contributed by atoms with E-state index in [9.17, 15) is 0 Å². The third-order valence-electron chi connectivity index (χ3n) is 11.8. The lowest BCUT2D eigenvalue weighted by atomic mass is 9.82. The van der Waals surface area contributed by atoms with Crippen LogP contribution in [-0.4, -0.2) is 0 Å². The van der Waals surface area contributed by atoms with Crippen LogP contribution in [0.2, 0.25) is 0 Å². The minimum absolute atomic E-state index is 0.0633. The van der Waals surface area contributed by atoms with Gasteiger partial charge >= 0.3 is 0 Å². The van der Waals surface area contributed by atoms with Crippen LogP contribution in [0, 0.1) is 0 Å². The Morgan fingerprint density at radius 3 is 1.85 bits per heavy atom. The van der Waals surface area contributed by atoms with Gasteiger partial charge in [-0.1, -0.05) is 147 Å². The van der Waals surface area contributed by atoms with Crippen molar-refractivity contribution < 1.29 is 4.42 Å². The second kappa shape index (κ2) is 12.1. The van der Waals surface area contributed by atoms with Crippen LogP contribution >= 0.6 is 0 Å². The highest BCUT2D eigenvalue weighted by molar-refractivity contribution is 6.11. The van der Waals surface area contributed by atoms with E-state index in [1.807, 2.05) is 0 Å². The first kappa shape index (κ1) is 31.6. The van der Waals surface area contributed by atoms with Crippen molar-refractivity contribution in [1.82, 2.24) is 0 Å². The summed E-state index contributed by atoms with van der Waals surface area (Å²) in [6.45, 7) is 4.68. The van der Waals surface area contributed by atoms with Gasteiger partial charge in [0.05, 0.1) is 5.69 Å². The molecule has 0 spiro atoms. The quantitative estimate of drug-likeness (QED) is 0.177. The molecular formula is C53H37NO. The van der Waals surface area contributed by atoms with Crippen LogP contribution < -0.4 is 4.90 Å². The highest BCUT2D eigenvalue weighted by Crippen LogP contribution is 2.51. The zero-order valence-electron chi connectivity index (χ0n) is 30.8. The maximum atomic E-state index is 6.45. The van der Waals surface area contributed by atoms with E-state index < -0.39 is 0 Å². The Kier molecular flexibility index (Phi) is 6.93. The Morgan fingerprint density at radius 2 is 1.00 bits per heavy atom. The van der Waals surface area contributed by atoms with Crippen LogP contribution in [0.5, 0.6) is 0 Å². The Hall–Kier alpha value is -6.90. The Labute approximate surface area is 320 Å².